The molecule has 8 heteroatoms. The molecule has 2 aromatic rings. The highest BCUT2D eigenvalue weighted by Crippen LogP contribution is 2.12. The Morgan fingerprint density at radius 1 is 1.07 bits per heavy atom. The van der Waals surface area contributed by atoms with Gasteiger partial charge in [-0.2, -0.15) is 0 Å². The van der Waals surface area contributed by atoms with E-state index in [0.717, 1.165) is 31.0 Å². The number of rotatable bonds is 7. The van der Waals surface area contributed by atoms with Crippen LogP contribution in [0, 0.1) is 0 Å². The number of aliphatic imine (C=N–C) groups is 1. The van der Waals surface area contributed by atoms with Gasteiger partial charge in [-0.1, -0.05) is 12.1 Å². The molecule has 0 bridgehead atoms. The number of anilines is 1. The molecule has 0 aliphatic carbocycles. The molecule has 3 rings (SSSR count). The molecule has 3 heterocycles. The van der Waals surface area contributed by atoms with Gasteiger partial charge >= 0.3 is 0 Å². The number of nitrogens with one attached hydrogen (secondary N) is 1. The highest BCUT2D eigenvalue weighted by molar-refractivity contribution is 5.79. The zero-order valence-corrected chi connectivity index (χ0v) is 16.0. The lowest BCUT2D eigenvalue weighted by Crippen LogP contribution is -2.49. The molecular formula is C20H27N7O. The SMILES string of the molecule is NC(=NCCC(=O)N1CCN(c2ccccn2)CC1)NCCc1ccccn1. The minimum Gasteiger partial charge on any atom is -0.370 e. The number of carbonyl (C=O) groups is 1. The maximum atomic E-state index is 12.4. The van der Waals surface area contributed by atoms with Crippen LogP contribution in [0.5, 0.6) is 0 Å². The molecule has 1 amide bonds. The fourth-order valence-electron chi connectivity index (χ4n) is 3.08. The van der Waals surface area contributed by atoms with Crippen molar-refractivity contribution < 1.29 is 4.79 Å². The van der Waals surface area contributed by atoms with Crippen LogP contribution in [0.4, 0.5) is 5.82 Å². The summed E-state index contributed by atoms with van der Waals surface area (Å²) in [7, 11) is 0. The van der Waals surface area contributed by atoms with E-state index in [2.05, 4.69) is 25.2 Å². The fraction of sp³-hybridized carbons (Fsp3) is 0.400. The number of pyridine rings is 2. The number of hydrogen-bond donors (Lipinski definition) is 2. The van der Waals surface area contributed by atoms with Crippen molar-refractivity contribution in [1.82, 2.24) is 20.2 Å². The molecule has 1 fully saturated rings. The number of guanidine groups is 1. The Balaban J connectivity index is 1.33. The summed E-state index contributed by atoms with van der Waals surface area (Å²) in [6, 6.07) is 11.7. The van der Waals surface area contributed by atoms with E-state index in [1.54, 1.807) is 12.4 Å². The zero-order valence-electron chi connectivity index (χ0n) is 16.0. The number of piperazine rings is 1. The number of amides is 1. The van der Waals surface area contributed by atoms with E-state index in [4.69, 9.17) is 5.73 Å². The predicted molar refractivity (Wildman–Crippen MR) is 110 cm³/mol. The Morgan fingerprint density at radius 3 is 2.50 bits per heavy atom. The van der Waals surface area contributed by atoms with E-state index in [0.29, 0.717) is 38.6 Å². The lowest BCUT2D eigenvalue weighted by molar-refractivity contribution is -0.131. The molecule has 0 unspecified atom stereocenters. The Morgan fingerprint density at radius 2 is 1.82 bits per heavy atom. The van der Waals surface area contributed by atoms with Gasteiger partial charge in [0.2, 0.25) is 5.91 Å². The van der Waals surface area contributed by atoms with Gasteiger partial charge in [0.1, 0.15) is 5.82 Å². The standard InChI is InChI=1S/C20H27N7O/c21-20(24-11-7-17-5-1-3-9-22-17)25-12-8-19(28)27-15-13-26(14-16-27)18-6-2-4-10-23-18/h1-6,9-10H,7-8,11-16H2,(H3,21,24,25). The quantitative estimate of drug-likeness (QED) is 0.540. The van der Waals surface area contributed by atoms with Crippen molar-refractivity contribution in [1.29, 1.82) is 0 Å². The van der Waals surface area contributed by atoms with Crippen molar-refractivity contribution >= 4 is 17.7 Å². The summed E-state index contributed by atoms with van der Waals surface area (Å²) < 4.78 is 0. The molecule has 0 aromatic carbocycles. The van der Waals surface area contributed by atoms with E-state index in [9.17, 15) is 4.79 Å². The topological polar surface area (TPSA) is 99.7 Å². The molecule has 2 aromatic heterocycles. The van der Waals surface area contributed by atoms with Crippen LogP contribution in [0.3, 0.4) is 0 Å². The molecule has 0 atom stereocenters. The normalized spacial score (nSPS) is 14.8. The summed E-state index contributed by atoms with van der Waals surface area (Å²) in [6.45, 7) is 4.05. The van der Waals surface area contributed by atoms with E-state index < -0.39 is 0 Å². The van der Waals surface area contributed by atoms with Crippen LogP contribution in [0.15, 0.2) is 53.8 Å². The number of nitrogens with zero attached hydrogens (tertiary/aromatic N) is 5. The summed E-state index contributed by atoms with van der Waals surface area (Å²) in [5, 5.41) is 3.06. The number of nitrogens with two attached hydrogens (primary N) is 1. The first-order chi connectivity index (χ1) is 13.7. The molecule has 3 N–H and O–H groups in total. The molecule has 0 saturated carbocycles. The van der Waals surface area contributed by atoms with Gasteiger partial charge in [0.15, 0.2) is 5.96 Å². The van der Waals surface area contributed by atoms with Crippen LogP contribution in [-0.2, 0) is 11.2 Å². The Bertz CT molecular complexity index is 759. The second-order valence-corrected chi connectivity index (χ2v) is 6.57. The molecule has 0 radical (unpaired) electrons. The molecule has 1 aliphatic rings. The number of aromatic nitrogens is 2. The molecule has 8 nitrogen and oxygen atoms in total. The summed E-state index contributed by atoms with van der Waals surface area (Å²) >= 11 is 0. The smallest absolute Gasteiger partial charge is 0.224 e. The third kappa shape index (κ3) is 5.94. The summed E-state index contributed by atoms with van der Waals surface area (Å²) in [6.07, 6.45) is 4.71. The minimum absolute atomic E-state index is 0.116. The third-order valence-electron chi connectivity index (χ3n) is 4.63. The van der Waals surface area contributed by atoms with Gasteiger partial charge in [-0.15, -0.1) is 0 Å². The molecule has 28 heavy (non-hydrogen) atoms. The monoisotopic (exact) mass is 381 g/mol. The summed E-state index contributed by atoms with van der Waals surface area (Å²) in [5.41, 5.74) is 6.87. The molecule has 148 valence electrons. The lowest BCUT2D eigenvalue weighted by Gasteiger charge is -2.35. The first-order valence-electron chi connectivity index (χ1n) is 9.60. The van der Waals surface area contributed by atoms with Gasteiger partial charge in [0.25, 0.3) is 0 Å². The van der Waals surface area contributed by atoms with Gasteiger partial charge < -0.3 is 20.9 Å². The van der Waals surface area contributed by atoms with Crippen molar-refractivity contribution in [2.24, 2.45) is 10.7 Å². The van der Waals surface area contributed by atoms with E-state index in [1.807, 2.05) is 41.3 Å². The minimum atomic E-state index is 0.116. The Hall–Kier alpha value is -3.16. The van der Waals surface area contributed by atoms with Crippen LogP contribution < -0.4 is 16.0 Å². The second-order valence-electron chi connectivity index (χ2n) is 6.57. The van der Waals surface area contributed by atoms with Crippen LogP contribution in [-0.4, -0.2) is 66.0 Å². The Kier molecular flexibility index (Phi) is 7.17. The van der Waals surface area contributed by atoms with Crippen LogP contribution in [0.25, 0.3) is 0 Å². The van der Waals surface area contributed by atoms with Gasteiger partial charge in [-0.05, 0) is 24.3 Å². The van der Waals surface area contributed by atoms with Crippen LogP contribution >= 0.6 is 0 Å². The van der Waals surface area contributed by atoms with Gasteiger partial charge in [0, 0.05) is 63.7 Å². The van der Waals surface area contributed by atoms with Crippen molar-refractivity contribution in [2.75, 3.05) is 44.2 Å². The maximum absolute atomic E-state index is 12.4. The van der Waals surface area contributed by atoms with E-state index in [-0.39, 0.29) is 5.91 Å². The van der Waals surface area contributed by atoms with E-state index in [1.165, 1.54) is 0 Å². The molecule has 1 saturated heterocycles. The lowest BCUT2D eigenvalue weighted by atomic mass is 10.2. The van der Waals surface area contributed by atoms with Gasteiger partial charge in [0.05, 0.1) is 6.54 Å². The van der Waals surface area contributed by atoms with Crippen LogP contribution in [0.1, 0.15) is 12.1 Å². The maximum Gasteiger partial charge on any atom is 0.224 e. The average molecular weight is 381 g/mol. The first kappa shape index (κ1) is 19.6. The molecule has 1 aliphatic heterocycles. The predicted octanol–water partition coefficient (Wildman–Crippen LogP) is 0.662. The zero-order chi connectivity index (χ0) is 19.6. The highest BCUT2D eigenvalue weighted by atomic mass is 16.2. The largest absolute Gasteiger partial charge is 0.370 e. The van der Waals surface area contributed by atoms with E-state index >= 15 is 0 Å². The number of hydrogen-bond acceptors (Lipinski definition) is 5. The van der Waals surface area contributed by atoms with Crippen molar-refractivity contribution in [3.8, 4) is 0 Å². The number of carbonyl (C=O) groups excluding carboxylic acids is 1. The van der Waals surface area contributed by atoms with Crippen LogP contribution in [0.2, 0.25) is 0 Å². The van der Waals surface area contributed by atoms with Crippen molar-refractivity contribution in [2.45, 2.75) is 12.8 Å². The molecule has 0 spiro atoms. The van der Waals surface area contributed by atoms with Crippen molar-refractivity contribution in [3.05, 3.63) is 54.5 Å². The van der Waals surface area contributed by atoms with Gasteiger partial charge in [-0.3, -0.25) is 14.8 Å². The van der Waals surface area contributed by atoms with Crippen molar-refractivity contribution in [3.63, 3.8) is 0 Å². The summed E-state index contributed by atoms with van der Waals surface area (Å²) in [5.74, 6) is 1.44. The fourth-order valence-corrected chi connectivity index (χ4v) is 3.08. The first-order valence-corrected chi connectivity index (χ1v) is 9.60. The molecular weight excluding hydrogens is 354 g/mol. The third-order valence-corrected chi connectivity index (χ3v) is 4.63. The summed E-state index contributed by atoms with van der Waals surface area (Å²) in [4.78, 5) is 29.3. The Labute approximate surface area is 165 Å². The second kappa shape index (κ2) is 10.2. The van der Waals surface area contributed by atoms with Gasteiger partial charge in [-0.25, -0.2) is 4.98 Å². The highest BCUT2D eigenvalue weighted by Gasteiger charge is 2.21. The average Bonchev–Trinajstić information content (AvgIpc) is 2.75.